The van der Waals surface area contributed by atoms with Crippen LogP contribution in [-0.4, -0.2) is 16.5 Å². The number of aromatic nitrogens is 1. The molecule has 1 aliphatic carbocycles. The van der Waals surface area contributed by atoms with Gasteiger partial charge in [0.2, 0.25) is 0 Å². The van der Waals surface area contributed by atoms with E-state index in [2.05, 4.69) is 17.2 Å². The molecule has 0 unspecified atom stereocenters. The van der Waals surface area contributed by atoms with Gasteiger partial charge in [0.05, 0.1) is 4.92 Å². The Labute approximate surface area is 122 Å². The molecule has 1 aromatic heterocycles. The highest BCUT2D eigenvalue weighted by atomic mass is 16.6. The van der Waals surface area contributed by atoms with Crippen LogP contribution < -0.4 is 5.32 Å². The highest BCUT2D eigenvalue weighted by Gasteiger charge is 2.20. The molecule has 1 saturated carbocycles. The zero-order valence-corrected chi connectivity index (χ0v) is 12.0. The number of para-hydroxylation sites is 1. The van der Waals surface area contributed by atoms with Gasteiger partial charge in [-0.05, 0) is 30.7 Å². The Balaban J connectivity index is 1.70. The zero-order chi connectivity index (χ0) is 14.8. The van der Waals surface area contributed by atoms with Gasteiger partial charge in [-0.3, -0.25) is 10.1 Å². The molecule has 0 radical (unpaired) electrons. The zero-order valence-electron chi connectivity index (χ0n) is 12.0. The third-order valence-electron chi connectivity index (χ3n) is 4.27. The Bertz CT molecular complexity index is 645. The van der Waals surface area contributed by atoms with Crippen molar-refractivity contribution >= 4 is 22.8 Å². The first kappa shape index (κ1) is 13.9. The third kappa shape index (κ3) is 2.99. The molecule has 21 heavy (non-hydrogen) atoms. The van der Waals surface area contributed by atoms with Gasteiger partial charge in [0.1, 0.15) is 0 Å². The van der Waals surface area contributed by atoms with Crippen molar-refractivity contribution in [3.63, 3.8) is 0 Å². The smallest absolute Gasteiger partial charge is 0.298 e. The van der Waals surface area contributed by atoms with Crippen LogP contribution in [0.2, 0.25) is 0 Å². The number of non-ortho nitro benzene ring substituents is 1. The maximum atomic E-state index is 11.0. The number of nitro benzene ring substituents is 1. The maximum absolute atomic E-state index is 11.0. The summed E-state index contributed by atoms with van der Waals surface area (Å²) in [5.41, 5.74) is 0.738. The minimum Gasteiger partial charge on any atom is -0.423 e. The standard InChI is InChI=1S/C15H19N3O3/c1-10-5-7-11(8-6-10)9-16-15-17-14-12(18(19)20)3-2-4-13(14)21-15/h2-4,10-11H,5-9H2,1H3,(H,16,17). The molecular weight excluding hydrogens is 270 g/mol. The average molecular weight is 289 g/mol. The van der Waals surface area contributed by atoms with E-state index >= 15 is 0 Å². The number of oxazole rings is 1. The highest BCUT2D eigenvalue weighted by molar-refractivity contribution is 5.83. The van der Waals surface area contributed by atoms with Crippen molar-refractivity contribution in [2.75, 3.05) is 11.9 Å². The predicted molar refractivity (Wildman–Crippen MR) is 80.3 cm³/mol. The Kier molecular flexibility index (Phi) is 3.77. The molecule has 1 heterocycles. The van der Waals surface area contributed by atoms with Crippen LogP contribution in [0.4, 0.5) is 11.7 Å². The lowest BCUT2D eigenvalue weighted by Crippen LogP contribution is -2.20. The molecule has 6 nitrogen and oxygen atoms in total. The lowest BCUT2D eigenvalue weighted by molar-refractivity contribution is -0.383. The molecule has 0 aliphatic heterocycles. The van der Waals surface area contributed by atoms with Crippen molar-refractivity contribution in [3.05, 3.63) is 28.3 Å². The van der Waals surface area contributed by atoms with Crippen molar-refractivity contribution in [3.8, 4) is 0 Å². The van der Waals surface area contributed by atoms with Gasteiger partial charge < -0.3 is 9.73 Å². The molecule has 1 aliphatic rings. The summed E-state index contributed by atoms with van der Waals surface area (Å²) in [5.74, 6) is 1.46. The highest BCUT2D eigenvalue weighted by Crippen LogP contribution is 2.30. The van der Waals surface area contributed by atoms with Gasteiger partial charge in [0.25, 0.3) is 11.7 Å². The van der Waals surface area contributed by atoms with E-state index in [0.717, 1.165) is 12.5 Å². The van der Waals surface area contributed by atoms with Crippen LogP contribution in [0.1, 0.15) is 32.6 Å². The number of fused-ring (bicyclic) bond motifs is 1. The summed E-state index contributed by atoms with van der Waals surface area (Å²) in [5, 5.41) is 14.1. The van der Waals surface area contributed by atoms with Crippen molar-refractivity contribution in [1.29, 1.82) is 0 Å². The van der Waals surface area contributed by atoms with E-state index in [4.69, 9.17) is 4.42 Å². The second-order valence-electron chi connectivity index (χ2n) is 5.91. The molecule has 0 saturated heterocycles. The summed E-state index contributed by atoms with van der Waals surface area (Å²) >= 11 is 0. The van der Waals surface area contributed by atoms with Crippen molar-refractivity contribution in [2.24, 2.45) is 11.8 Å². The minimum absolute atomic E-state index is 0.0178. The fourth-order valence-corrected chi connectivity index (χ4v) is 2.92. The third-order valence-corrected chi connectivity index (χ3v) is 4.27. The maximum Gasteiger partial charge on any atom is 0.298 e. The quantitative estimate of drug-likeness (QED) is 0.680. The number of benzene rings is 1. The molecule has 0 amide bonds. The number of nitro groups is 1. The second kappa shape index (κ2) is 5.71. The van der Waals surface area contributed by atoms with Crippen LogP contribution in [0, 0.1) is 22.0 Å². The number of nitrogens with one attached hydrogen (secondary N) is 1. The fraction of sp³-hybridized carbons (Fsp3) is 0.533. The second-order valence-corrected chi connectivity index (χ2v) is 5.91. The van der Waals surface area contributed by atoms with E-state index in [1.807, 2.05) is 0 Å². The molecule has 2 aromatic rings. The van der Waals surface area contributed by atoms with Gasteiger partial charge >= 0.3 is 0 Å². The summed E-state index contributed by atoms with van der Waals surface area (Å²) in [6, 6.07) is 5.12. The molecule has 112 valence electrons. The van der Waals surface area contributed by atoms with E-state index in [9.17, 15) is 10.1 Å². The molecule has 1 N–H and O–H groups in total. The van der Waals surface area contributed by atoms with E-state index < -0.39 is 4.92 Å². The normalized spacial score (nSPS) is 22.3. The Morgan fingerprint density at radius 3 is 2.86 bits per heavy atom. The number of hydrogen-bond acceptors (Lipinski definition) is 5. The molecule has 0 atom stereocenters. The Morgan fingerprint density at radius 1 is 1.38 bits per heavy atom. The number of rotatable bonds is 4. The van der Waals surface area contributed by atoms with Gasteiger partial charge in [-0.2, -0.15) is 4.98 Å². The lowest BCUT2D eigenvalue weighted by Gasteiger charge is -2.25. The first-order valence-electron chi connectivity index (χ1n) is 7.41. The van der Waals surface area contributed by atoms with Crippen molar-refractivity contribution in [2.45, 2.75) is 32.6 Å². The van der Waals surface area contributed by atoms with Gasteiger partial charge in [-0.15, -0.1) is 0 Å². The summed E-state index contributed by atoms with van der Waals surface area (Å²) in [4.78, 5) is 14.7. The van der Waals surface area contributed by atoms with Crippen molar-refractivity contribution < 1.29 is 9.34 Å². The van der Waals surface area contributed by atoms with Gasteiger partial charge in [-0.25, -0.2) is 0 Å². The minimum atomic E-state index is -0.433. The van der Waals surface area contributed by atoms with Gasteiger partial charge in [-0.1, -0.05) is 25.8 Å². The van der Waals surface area contributed by atoms with Crippen LogP contribution in [0.25, 0.3) is 11.1 Å². The largest absolute Gasteiger partial charge is 0.423 e. The first-order chi connectivity index (χ1) is 10.1. The van der Waals surface area contributed by atoms with Crippen LogP contribution in [-0.2, 0) is 0 Å². The molecular formula is C15H19N3O3. The predicted octanol–water partition coefficient (Wildman–Crippen LogP) is 3.97. The Hall–Kier alpha value is -2.11. The summed E-state index contributed by atoms with van der Waals surface area (Å²) in [6.07, 6.45) is 4.97. The topological polar surface area (TPSA) is 81.2 Å². The molecule has 0 bridgehead atoms. The van der Waals surface area contributed by atoms with Crippen LogP contribution >= 0.6 is 0 Å². The van der Waals surface area contributed by atoms with Gasteiger partial charge in [0.15, 0.2) is 11.1 Å². The number of hydrogen-bond donors (Lipinski definition) is 1. The summed E-state index contributed by atoms with van der Waals surface area (Å²) in [6.45, 7) is 3.11. The first-order valence-corrected chi connectivity index (χ1v) is 7.41. The lowest BCUT2D eigenvalue weighted by atomic mass is 9.83. The number of anilines is 1. The monoisotopic (exact) mass is 289 g/mol. The average Bonchev–Trinajstić information content (AvgIpc) is 2.89. The van der Waals surface area contributed by atoms with E-state index in [1.54, 1.807) is 12.1 Å². The SMILES string of the molecule is CC1CCC(CNc2nc3c([N+](=O)[O-])cccc3o2)CC1. The van der Waals surface area contributed by atoms with Crippen LogP contribution in [0.5, 0.6) is 0 Å². The molecule has 3 rings (SSSR count). The van der Waals surface area contributed by atoms with Crippen LogP contribution in [0.15, 0.2) is 22.6 Å². The van der Waals surface area contributed by atoms with E-state index in [1.165, 1.54) is 31.7 Å². The molecule has 0 spiro atoms. The van der Waals surface area contributed by atoms with Gasteiger partial charge in [0, 0.05) is 12.6 Å². The van der Waals surface area contributed by atoms with Crippen LogP contribution in [0.3, 0.4) is 0 Å². The number of nitrogens with zero attached hydrogens (tertiary/aromatic N) is 2. The molecule has 6 heteroatoms. The molecule has 1 fully saturated rings. The Morgan fingerprint density at radius 2 is 2.14 bits per heavy atom. The molecule has 1 aromatic carbocycles. The fourth-order valence-electron chi connectivity index (χ4n) is 2.92. The van der Waals surface area contributed by atoms with E-state index in [0.29, 0.717) is 23.0 Å². The summed E-state index contributed by atoms with van der Waals surface area (Å²) in [7, 11) is 0. The van der Waals surface area contributed by atoms with E-state index in [-0.39, 0.29) is 5.69 Å². The summed E-state index contributed by atoms with van der Waals surface area (Å²) < 4.78 is 5.54. The van der Waals surface area contributed by atoms with Crippen molar-refractivity contribution in [1.82, 2.24) is 4.98 Å².